The number of rotatable bonds is 4. The van der Waals surface area contributed by atoms with E-state index in [4.69, 9.17) is 9.29 Å². The maximum absolute atomic E-state index is 12.0. The van der Waals surface area contributed by atoms with Crippen LogP contribution in [0, 0.1) is 5.92 Å². The van der Waals surface area contributed by atoms with Gasteiger partial charge in [0, 0.05) is 13.1 Å². The van der Waals surface area contributed by atoms with Gasteiger partial charge in [0.1, 0.15) is 5.75 Å². The number of benzene rings is 1. The molecule has 1 heterocycles. The lowest BCUT2D eigenvalue weighted by molar-refractivity contribution is -0.142. The van der Waals surface area contributed by atoms with Gasteiger partial charge in [-0.05, 0) is 25.0 Å². The Morgan fingerprint density at radius 2 is 2.00 bits per heavy atom. The van der Waals surface area contributed by atoms with E-state index in [1.807, 2.05) is 0 Å². The average Bonchev–Trinajstić information content (AvgIpc) is 2.39. The Balaban J connectivity index is 2.09. The van der Waals surface area contributed by atoms with Gasteiger partial charge in [-0.25, -0.2) is 0 Å². The lowest BCUT2D eigenvalue weighted by atomic mass is 10.0. The fourth-order valence-corrected chi connectivity index (χ4v) is 3.17. The van der Waals surface area contributed by atoms with Gasteiger partial charge in [0.25, 0.3) is 0 Å². The summed E-state index contributed by atoms with van der Waals surface area (Å²) >= 11 is 0. The maximum Gasteiger partial charge on any atom is 0.385 e. The molecule has 1 aromatic carbocycles. The molecule has 1 saturated heterocycles. The number of hydrogen-bond acceptors (Lipinski definition) is 4. The minimum Gasteiger partial charge on any atom is -0.481 e. The van der Waals surface area contributed by atoms with E-state index in [1.54, 1.807) is 18.2 Å². The van der Waals surface area contributed by atoms with Crippen molar-refractivity contribution < 1.29 is 22.5 Å². The predicted molar refractivity (Wildman–Crippen MR) is 67.9 cm³/mol. The van der Waals surface area contributed by atoms with Gasteiger partial charge in [-0.15, -0.1) is 0 Å². The van der Waals surface area contributed by atoms with Crippen LogP contribution in [0.1, 0.15) is 12.8 Å². The van der Waals surface area contributed by atoms with Crippen molar-refractivity contribution >= 4 is 16.3 Å². The number of para-hydroxylation sites is 1. The van der Waals surface area contributed by atoms with Crippen molar-refractivity contribution in [3.05, 3.63) is 30.3 Å². The molecule has 104 valence electrons. The molecule has 0 aromatic heterocycles. The van der Waals surface area contributed by atoms with E-state index in [9.17, 15) is 13.2 Å². The Hall–Kier alpha value is -1.60. The number of aliphatic carboxylic acids is 1. The summed E-state index contributed by atoms with van der Waals surface area (Å²) < 4.78 is 30.1. The van der Waals surface area contributed by atoms with Gasteiger partial charge < -0.3 is 9.29 Å². The molecule has 0 bridgehead atoms. The Kier molecular flexibility index (Phi) is 4.06. The van der Waals surface area contributed by atoms with Crippen LogP contribution in [0.2, 0.25) is 0 Å². The molecular formula is C12H15NO5S. The van der Waals surface area contributed by atoms with Gasteiger partial charge in [-0.2, -0.15) is 12.7 Å². The second-order valence-corrected chi connectivity index (χ2v) is 5.93. The van der Waals surface area contributed by atoms with Crippen molar-refractivity contribution in [3.63, 3.8) is 0 Å². The molecule has 1 aliphatic heterocycles. The predicted octanol–water partition coefficient (Wildman–Crippen LogP) is 1.11. The molecule has 1 aromatic rings. The Labute approximate surface area is 111 Å². The molecule has 19 heavy (non-hydrogen) atoms. The standard InChI is InChI=1S/C12H15NO5S/c14-12(15)10-5-4-8-13(9-10)19(16,17)18-11-6-2-1-3-7-11/h1-3,6-7,10H,4-5,8-9H2,(H,14,15). The molecule has 1 aliphatic rings. The van der Waals surface area contributed by atoms with Gasteiger partial charge in [0.05, 0.1) is 5.92 Å². The summed E-state index contributed by atoms with van der Waals surface area (Å²) in [6, 6.07) is 8.16. The summed E-state index contributed by atoms with van der Waals surface area (Å²) in [6.07, 6.45) is 1.01. The molecule has 0 amide bonds. The Bertz CT molecular complexity index is 542. The molecule has 6 nitrogen and oxygen atoms in total. The Morgan fingerprint density at radius 1 is 1.32 bits per heavy atom. The van der Waals surface area contributed by atoms with Crippen molar-refractivity contribution in [2.75, 3.05) is 13.1 Å². The highest BCUT2D eigenvalue weighted by Gasteiger charge is 2.33. The molecule has 0 saturated carbocycles. The van der Waals surface area contributed by atoms with Crippen LogP contribution in [0.4, 0.5) is 0 Å². The summed E-state index contributed by atoms with van der Waals surface area (Å²) in [7, 11) is -3.93. The molecule has 1 atom stereocenters. The van der Waals surface area contributed by atoms with Gasteiger partial charge in [0.15, 0.2) is 0 Å². The van der Waals surface area contributed by atoms with Crippen molar-refractivity contribution in [1.29, 1.82) is 0 Å². The third kappa shape index (κ3) is 3.45. The first-order chi connectivity index (χ1) is 8.99. The van der Waals surface area contributed by atoms with Gasteiger partial charge >= 0.3 is 16.3 Å². The molecule has 1 N–H and O–H groups in total. The van der Waals surface area contributed by atoms with Gasteiger partial charge in [-0.3, -0.25) is 4.79 Å². The topological polar surface area (TPSA) is 83.9 Å². The monoisotopic (exact) mass is 285 g/mol. The zero-order valence-electron chi connectivity index (χ0n) is 10.2. The van der Waals surface area contributed by atoms with Crippen molar-refractivity contribution in [2.45, 2.75) is 12.8 Å². The van der Waals surface area contributed by atoms with Crippen molar-refractivity contribution in [1.82, 2.24) is 4.31 Å². The van der Waals surface area contributed by atoms with Crippen LogP contribution in [0.15, 0.2) is 30.3 Å². The highest BCUT2D eigenvalue weighted by Crippen LogP contribution is 2.21. The normalized spacial score (nSPS) is 20.9. The Morgan fingerprint density at radius 3 is 2.63 bits per heavy atom. The summed E-state index contributed by atoms with van der Waals surface area (Å²) in [5.74, 6) is -1.41. The first-order valence-electron chi connectivity index (χ1n) is 5.96. The number of nitrogens with zero attached hydrogens (tertiary/aromatic N) is 1. The van der Waals surface area contributed by atoms with Crippen LogP contribution < -0.4 is 4.18 Å². The lowest BCUT2D eigenvalue weighted by Gasteiger charge is -2.28. The quantitative estimate of drug-likeness (QED) is 0.895. The summed E-state index contributed by atoms with van der Waals surface area (Å²) in [5, 5.41) is 8.95. The summed E-state index contributed by atoms with van der Waals surface area (Å²) in [6.45, 7) is 0.253. The second kappa shape index (κ2) is 5.58. The number of hydrogen-bond donors (Lipinski definition) is 1. The van der Waals surface area contributed by atoms with Crippen LogP contribution in [-0.4, -0.2) is 36.9 Å². The second-order valence-electron chi connectivity index (χ2n) is 4.39. The molecule has 1 fully saturated rings. The fraction of sp³-hybridized carbons (Fsp3) is 0.417. The highest BCUT2D eigenvalue weighted by atomic mass is 32.2. The lowest BCUT2D eigenvalue weighted by Crippen LogP contribution is -2.44. The largest absolute Gasteiger partial charge is 0.481 e. The van der Waals surface area contributed by atoms with E-state index in [1.165, 1.54) is 12.1 Å². The smallest absolute Gasteiger partial charge is 0.385 e. The van der Waals surface area contributed by atoms with Crippen LogP contribution >= 0.6 is 0 Å². The van der Waals surface area contributed by atoms with Crippen molar-refractivity contribution in [3.8, 4) is 5.75 Å². The zero-order chi connectivity index (χ0) is 13.9. The molecule has 7 heteroatoms. The highest BCUT2D eigenvalue weighted by molar-refractivity contribution is 7.84. The van der Waals surface area contributed by atoms with Gasteiger partial charge in [-0.1, -0.05) is 18.2 Å². The van der Waals surface area contributed by atoms with E-state index in [2.05, 4.69) is 0 Å². The molecule has 0 spiro atoms. The van der Waals surface area contributed by atoms with E-state index in [0.717, 1.165) is 4.31 Å². The number of carboxylic acid groups (broad SMARTS) is 1. The third-order valence-electron chi connectivity index (χ3n) is 2.99. The fourth-order valence-electron chi connectivity index (χ4n) is 2.00. The first-order valence-corrected chi connectivity index (χ1v) is 7.33. The minimum atomic E-state index is -3.93. The van der Waals surface area contributed by atoms with E-state index in [-0.39, 0.29) is 12.3 Å². The SMILES string of the molecule is O=C(O)C1CCCN(S(=O)(=O)Oc2ccccc2)C1. The van der Waals surface area contributed by atoms with Crippen LogP contribution in [0.25, 0.3) is 0 Å². The van der Waals surface area contributed by atoms with Gasteiger partial charge in [0.2, 0.25) is 0 Å². The first kappa shape index (κ1) is 13.8. The molecule has 0 radical (unpaired) electrons. The van der Waals surface area contributed by atoms with Crippen LogP contribution in [-0.2, 0) is 15.1 Å². The molecule has 0 aliphatic carbocycles. The number of carbonyl (C=O) groups is 1. The third-order valence-corrected chi connectivity index (χ3v) is 4.36. The van der Waals surface area contributed by atoms with Crippen LogP contribution in [0.3, 0.4) is 0 Å². The maximum atomic E-state index is 12.0. The number of carboxylic acids is 1. The van der Waals surface area contributed by atoms with E-state index < -0.39 is 22.2 Å². The van der Waals surface area contributed by atoms with E-state index >= 15 is 0 Å². The van der Waals surface area contributed by atoms with Crippen molar-refractivity contribution in [2.24, 2.45) is 5.92 Å². The summed E-state index contributed by atoms with van der Waals surface area (Å²) in [4.78, 5) is 10.9. The van der Waals surface area contributed by atoms with E-state index in [0.29, 0.717) is 19.4 Å². The average molecular weight is 285 g/mol. The number of piperidine rings is 1. The molecule has 2 rings (SSSR count). The zero-order valence-corrected chi connectivity index (χ0v) is 11.0. The summed E-state index contributed by atoms with van der Waals surface area (Å²) in [5.41, 5.74) is 0. The molecule has 1 unspecified atom stereocenters. The molecular weight excluding hydrogens is 270 g/mol. The van der Waals surface area contributed by atoms with Crippen LogP contribution in [0.5, 0.6) is 5.75 Å². The minimum absolute atomic E-state index is 0.0372.